The molecule has 6 nitrogen and oxygen atoms in total. The molecule has 2 atom stereocenters. The van der Waals surface area contributed by atoms with Crippen LogP contribution in [0.25, 0.3) is 0 Å². The molecule has 1 amide bonds. The largest absolute Gasteiger partial charge is 0.377 e. The van der Waals surface area contributed by atoms with E-state index in [-0.39, 0.29) is 12.0 Å². The molecular formula is C19H17N5O. The summed E-state index contributed by atoms with van der Waals surface area (Å²) in [6, 6.07) is 15.0. The fraction of sp³-hybridized carbons (Fsp3) is 0.105. The average Bonchev–Trinajstić information content (AvgIpc) is 3.16. The lowest BCUT2D eigenvalue weighted by molar-refractivity contribution is 0.1000. The lowest BCUT2D eigenvalue weighted by Crippen LogP contribution is -2.34. The molecule has 0 saturated carbocycles. The summed E-state index contributed by atoms with van der Waals surface area (Å²) in [7, 11) is 0. The van der Waals surface area contributed by atoms with E-state index in [2.05, 4.69) is 15.3 Å². The van der Waals surface area contributed by atoms with Crippen molar-refractivity contribution in [1.29, 1.82) is 5.41 Å². The molecule has 1 aliphatic rings. The van der Waals surface area contributed by atoms with Crippen LogP contribution in [0, 0.1) is 5.41 Å². The SMILES string of the molecule is N=C1c2c(cccc2C(N)=O)NC(c2ccccc2)C1c1ncc[nH]1. The number of nitrogens with one attached hydrogen (secondary N) is 3. The topological polar surface area (TPSA) is 108 Å². The highest BCUT2D eigenvalue weighted by Gasteiger charge is 2.38. The molecule has 0 spiro atoms. The number of nitrogens with zero attached hydrogens (tertiary/aromatic N) is 1. The highest BCUT2D eigenvalue weighted by atomic mass is 16.1. The first-order chi connectivity index (χ1) is 12.2. The number of carbonyl (C=O) groups excluding carboxylic acids is 1. The molecule has 124 valence electrons. The predicted molar refractivity (Wildman–Crippen MR) is 95.9 cm³/mol. The maximum Gasteiger partial charge on any atom is 0.249 e. The molecule has 5 N–H and O–H groups in total. The maximum absolute atomic E-state index is 11.8. The number of aromatic nitrogens is 2. The molecule has 4 rings (SSSR count). The van der Waals surface area contributed by atoms with Gasteiger partial charge in [0, 0.05) is 23.6 Å². The molecule has 1 aliphatic heterocycles. The van der Waals surface area contributed by atoms with Crippen molar-refractivity contribution in [1.82, 2.24) is 9.97 Å². The lowest BCUT2D eigenvalue weighted by Gasteiger charge is -2.35. The van der Waals surface area contributed by atoms with E-state index in [4.69, 9.17) is 11.1 Å². The molecule has 25 heavy (non-hydrogen) atoms. The van der Waals surface area contributed by atoms with Crippen molar-refractivity contribution >= 4 is 17.3 Å². The second-order valence-electron chi connectivity index (χ2n) is 5.99. The summed E-state index contributed by atoms with van der Waals surface area (Å²) in [5, 5.41) is 12.3. The van der Waals surface area contributed by atoms with Crippen LogP contribution in [0.2, 0.25) is 0 Å². The van der Waals surface area contributed by atoms with Crippen LogP contribution in [0.5, 0.6) is 0 Å². The van der Waals surface area contributed by atoms with Gasteiger partial charge in [-0.1, -0.05) is 36.4 Å². The summed E-state index contributed by atoms with van der Waals surface area (Å²) in [6.07, 6.45) is 3.40. The summed E-state index contributed by atoms with van der Waals surface area (Å²) in [6.45, 7) is 0. The molecular weight excluding hydrogens is 314 g/mol. The molecule has 1 aromatic heterocycles. The third-order valence-electron chi connectivity index (χ3n) is 4.53. The van der Waals surface area contributed by atoms with E-state index in [0.29, 0.717) is 22.7 Å². The van der Waals surface area contributed by atoms with E-state index >= 15 is 0 Å². The lowest BCUT2D eigenvalue weighted by atomic mass is 9.80. The predicted octanol–water partition coefficient (Wildman–Crippen LogP) is 2.83. The van der Waals surface area contributed by atoms with Gasteiger partial charge in [-0.3, -0.25) is 4.79 Å². The number of anilines is 1. The van der Waals surface area contributed by atoms with Crippen LogP contribution < -0.4 is 11.1 Å². The Hall–Kier alpha value is -3.41. The Morgan fingerprint density at radius 1 is 1.12 bits per heavy atom. The maximum atomic E-state index is 11.8. The summed E-state index contributed by atoms with van der Waals surface area (Å²) in [4.78, 5) is 19.3. The first-order valence-electron chi connectivity index (χ1n) is 7.99. The second-order valence-corrected chi connectivity index (χ2v) is 5.99. The quantitative estimate of drug-likeness (QED) is 0.592. The Kier molecular flexibility index (Phi) is 3.57. The zero-order valence-corrected chi connectivity index (χ0v) is 13.4. The van der Waals surface area contributed by atoms with E-state index in [1.54, 1.807) is 24.5 Å². The number of H-pyrrole nitrogens is 1. The Bertz CT molecular complexity index is 934. The summed E-state index contributed by atoms with van der Waals surface area (Å²) < 4.78 is 0. The number of nitrogens with two attached hydrogens (primary N) is 1. The van der Waals surface area contributed by atoms with Crippen molar-refractivity contribution < 1.29 is 4.79 Å². The fourth-order valence-corrected chi connectivity index (χ4v) is 3.42. The number of primary amides is 1. The smallest absolute Gasteiger partial charge is 0.249 e. The van der Waals surface area contributed by atoms with Gasteiger partial charge in [0.1, 0.15) is 5.82 Å². The van der Waals surface area contributed by atoms with E-state index in [9.17, 15) is 4.79 Å². The molecule has 0 radical (unpaired) electrons. The Labute approximate surface area is 144 Å². The number of rotatable bonds is 3. The fourth-order valence-electron chi connectivity index (χ4n) is 3.42. The third-order valence-corrected chi connectivity index (χ3v) is 4.53. The normalized spacial score (nSPS) is 19.1. The van der Waals surface area contributed by atoms with Crippen LogP contribution >= 0.6 is 0 Å². The van der Waals surface area contributed by atoms with Gasteiger partial charge in [-0.25, -0.2) is 4.98 Å². The number of hydrogen-bond acceptors (Lipinski definition) is 4. The van der Waals surface area contributed by atoms with E-state index in [0.717, 1.165) is 11.3 Å². The number of hydrogen-bond donors (Lipinski definition) is 4. The Morgan fingerprint density at radius 3 is 2.60 bits per heavy atom. The second kappa shape index (κ2) is 5.90. The number of fused-ring (bicyclic) bond motifs is 1. The molecule has 0 saturated heterocycles. The van der Waals surface area contributed by atoms with Gasteiger partial charge in [0.05, 0.1) is 23.2 Å². The molecule has 2 heterocycles. The van der Waals surface area contributed by atoms with Gasteiger partial charge in [0.15, 0.2) is 0 Å². The van der Waals surface area contributed by atoms with Crippen molar-refractivity contribution in [2.45, 2.75) is 12.0 Å². The average molecular weight is 331 g/mol. The van der Waals surface area contributed by atoms with E-state index in [1.165, 1.54) is 0 Å². The first kappa shape index (κ1) is 15.1. The van der Waals surface area contributed by atoms with Gasteiger partial charge < -0.3 is 21.4 Å². The molecule has 0 bridgehead atoms. The minimum absolute atomic E-state index is 0.171. The number of benzene rings is 2. The minimum Gasteiger partial charge on any atom is -0.377 e. The molecule has 6 heteroatoms. The highest BCUT2D eigenvalue weighted by molar-refractivity contribution is 6.16. The monoisotopic (exact) mass is 331 g/mol. The van der Waals surface area contributed by atoms with Crippen molar-refractivity contribution in [2.75, 3.05) is 5.32 Å². The van der Waals surface area contributed by atoms with Crippen LogP contribution in [0.15, 0.2) is 60.9 Å². The number of amides is 1. The molecule has 0 fully saturated rings. The Balaban J connectivity index is 1.91. The Morgan fingerprint density at radius 2 is 1.92 bits per heavy atom. The molecule has 2 aromatic carbocycles. The van der Waals surface area contributed by atoms with E-state index in [1.807, 2.05) is 36.4 Å². The van der Waals surface area contributed by atoms with Crippen molar-refractivity contribution in [2.24, 2.45) is 5.73 Å². The zero-order valence-electron chi connectivity index (χ0n) is 13.4. The van der Waals surface area contributed by atoms with Gasteiger partial charge in [0.25, 0.3) is 0 Å². The van der Waals surface area contributed by atoms with Gasteiger partial charge in [0.2, 0.25) is 5.91 Å². The summed E-state index contributed by atoms with van der Waals surface area (Å²) >= 11 is 0. The van der Waals surface area contributed by atoms with E-state index < -0.39 is 5.91 Å². The van der Waals surface area contributed by atoms with Crippen LogP contribution in [0.4, 0.5) is 5.69 Å². The number of carbonyl (C=O) groups is 1. The highest BCUT2D eigenvalue weighted by Crippen LogP contribution is 2.42. The summed E-state index contributed by atoms with van der Waals surface area (Å²) in [5.41, 5.74) is 8.52. The van der Waals surface area contributed by atoms with Crippen molar-refractivity contribution in [3.8, 4) is 0 Å². The minimum atomic E-state index is -0.542. The zero-order chi connectivity index (χ0) is 17.4. The summed E-state index contributed by atoms with van der Waals surface area (Å²) in [5.74, 6) is -0.221. The molecule has 2 unspecified atom stereocenters. The first-order valence-corrected chi connectivity index (χ1v) is 7.99. The van der Waals surface area contributed by atoms with Crippen molar-refractivity contribution in [3.63, 3.8) is 0 Å². The van der Waals surface area contributed by atoms with Gasteiger partial charge in [-0.2, -0.15) is 0 Å². The van der Waals surface area contributed by atoms with Crippen LogP contribution in [0.1, 0.15) is 39.3 Å². The standard InChI is InChI=1S/C19H17N5O/c20-16-14-12(18(21)25)7-4-8-13(14)24-17(11-5-2-1-3-6-11)15(16)19-22-9-10-23-19/h1-10,15,17,20,24H,(H2,21,25)(H,22,23). The van der Waals surface area contributed by atoms with Crippen LogP contribution in [-0.2, 0) is 0 Å². The van der Waals surface area contributed by atoms with Gasteiger partial charge in [-0.05, 0) is 17.7 Å². The van der Waals surface area contributed by atoms with Crippen molar-refractivity contribution in [3.05, 3.63) is 83.4 Å². The van der Waals surface area contributed by atoms with Gasteiger partial charge in [-0.15, -0.1) is 0 Å². The molecule has 3 aromatic rings. The number of imidazole rings is 1. The van der Waals surface area contributed by atoms with Gasteiger partial charge >= 0.3 is 0 Å². The van der Waals surface area contributed by atoms with Crippen LogP contribution in [-0.4, -0.2) is 21.6 Å². The third kappa shape index (κ3) is 2.48. The van der Waals surface area contributed by atoms with Crippen LogP contribution in [0.3, 0.4) is 0 Å². The molecule has 0 aliphatic carbocycles. The number of aromatic amines is 1.